The van der Waals surface area contributed by atoms with Gasteiger partial charge in [-0.2, -0.15) is 0 Å². The lowest BCUT2D eigenvalue weighted by Crippen LogP contribution is -2.48. The highest BCUT2D eigenvalue weighted by molar-refractivity contribution is 6.03. The van der Waals surface area contributed by atoms with Crippen molar-refractivity contribution in [3.05, 3.63) is 82.9 Å². The first kappa shape index (κ1) is 31.2. The smallest absolute Gasteiger partial charge is 0.410 e. The lowest BCUT2D eigenvalue weighted by atomic mass is 9.79. The van der Waals surface area contributed by atoms with Gasteiger partial charge in [0.25, 0.3) is 0 Å². The van der Waals surface area contributed by atoms with Gasteiger partial charge in [0.1, 0.15) is 17.3 Å². The van der Waals surface area contributed by atoms with E-state index >= 15 is 0 Å². The van der Waals surface area contributed by atoms with Gasteiger partial charge in [-0.05, 0) is 86.2 Å². The number of rotatable bonds is 7. The number of Topliss-reactive ketones (excluding diaryl/α,β-unsaturated/α-hetero) is 1. The fourth-order valence-corrected chi connectivity index (χ4v) is 6.08. The molecule has 2 unspecified atom stereocenters. The Balaban J connectivity index is 1.38. The van der Waals surface area contributed by atoms with Crippen LogP contribution in [0.5, 0.6) is 0 Å². The molecule has 232 valence electrons. The molecule has 9 heteroatoms. The number of hydrogen-bond donors (Lipinski definition) is 1. The molecule has 5 rings (SSSR count). The molecule has 2 amide bonds. The van der Waals surface area contributed by atoms with Gasteiger partial charge in [-0.1, -0.05) is 42.5 Å². The van der Waals surface area contributed by atoms with Crippen molar-refractivity contribution >= 4 is 34.5 Å². The van der Waals surface area contributed by atoms with E-state index in [1.165, 1.54) is 0 Å². The number of carbonyl (C=O) groups excluding carboxylic acids is 4. The maximum Gasteiger partial charge on any atom is 0.410 e. The summed E-state index contributed by atoms with van der Waals surface area (Å²) >= 11 is 0. The van der Waals surface area contributed by atoms with Crippen LogP contribution in [0, 0.1) is 11.8 Å². The van der Waals surface area contributed by atoms with E-state index in [-0.39, 0.29) is 24.8 Å². The van der Waals surface area contributed by atoms with Gasteiger partial charge in [-0.25, -0.2) is 9.59 Å². The van der Waals surface area contributed by atoms with Crippen molar-refractivity contribution in [2.45, 2.75) is 65.3 Å². The molecule has 3 aromatic carbocycles. The van der Waals surface area contributed by atoms with Gasteiger partial charge in [0.15, 0.2) is 0 Å². The average molecular weight is 600 g/mol. The van der Waals surface area contributed by atoms with Gasteiger partial charge in [-0.15, -0.1) is 0 Å². The predicted octanol–water partition coefficient (Wildman–Crippen LogP) is 5.39. The van der Waals surface area contributed by atoms with Crippen molar-refractivity contribution in [2.24, 2.45) is 17.6 Å². The summed E-state index contributed by atoms with van der Waals surface area (Å²) in [5, 5.41) is 2.02. The highest BCUT2D eigenvalue weighted by Crippen LogP contribution is 2.34. The van der Waals surface area contributed by atoms with Gasteiger partial charge >= 0.3 is 12.1 Å². The second-order valence-corrected chi connectivity index (χ2v) is 12.7. The summed E-state index contributed by atoms with van der Waals surface area (Å²) < 4.78 is 10.7. The molecular weight excluding hydrogens is 558 g/mol. The lowest BCUT2D eigenvalue weighted by molar-refractivity contribution is -0.145. The standard InChI is InChI=1S/C35H41N3O6/c1-5-43-33(41)26-12-13-27-20-38(21-28(27)19-26)32(40)29(30(36)25-11-10-22-8-6-7-9-24(22)18-25)31(39)23-14-16-37(17-15-23)34(42)44-35(2,3)4/h6-13,18-19,23,29-30H,5,14-17,20-21,36H2,1-4H3. The molecule has 0 spiro atoms. The predicted molar refractivity (Wildman–Crippen MR) is 167 cm³/mol. The van der Waals surface area contributed by atoms with Crippen molar-refractivity contribution in [1.29, 1.82) is 0 Å². The molecule has 2 atom stereocenters. The van der Waals surface area contributed by atoms with E-state index in [1.54, 1.807) is 28.9 Å². The van der Waals surface area contributed by atoms with Crippen LogP contribution in [-0.4, -0.2) is 58.9 Å². The number of esters is 1. The number of benzene rings is 3. The SMILES string of the molecule is CCOC(=O)c1ccc2c(c1)CN(C(=O)C(C(=O)C1CCN(C(=O)OC(C)(C)C)CC1)C(N)c1ccc3ccccc3c1)C2. The molecule has 0 radical (unpaired) electrons. The monoisotopic (exact) mass is 599 g/mol. The van der Waals surface area contributed by atoms with Crippen molar-refractivity contribution in [2.75, 3.05) is 19.7 Å². The normalized spacial score (nSPS) is 16.8. The topological polar surface area (TPSA) is 119 Å². The Kier molecular flexibility index (Phi) is 9.06. The number of fused-ring (bicyclic) bond motifs is 2. The van der Waals surface area contributed by atoms with Crippen LogP contribution >= 0.6 is 0 Å². The molecule has 0 saturated carbocycles. The van der Waals surface area contributed by atoms with Crippen molar-refractivity contribution in [3.8, 4) is 0 Å². The van der Waals surface area contributed by atoms with Crippen LogP contribution in [0.4, 0.5) is 4.79 Å². The number of amides is 2. The summed E-state index contributed by atoms with van der Waals surface area (Å²) in [6.45, 7) is 8.80. The fraction of sp³-hybridized carbons (Fsp3) is 0.429. The van der Waals surface area contributed by atoms with Gasteiger partial charge in [0.2, 0.25) is 5.91 Å². The van der Waals surface area contributed by atoms with Crippen LogP contribution in [0.15, 0.2) is 60.7 Å². The van der Waals surface area contributed by atoms with Crippen LogP contribution in [0.3, 0.4) is 0 Å². The average Bonchev–Trinajstić information content (AvgIpc) is 3.44. The molecular formula is C35H41N3O6. The second kappa shape index (κ2) is 12.8. The summed E-state index contributed by atoms with van der Waals surface area (Å²) in [7, 11) is 0. The number of likely N-dealkylation sites (tertiary alicyclic amines) is 1. The number of nitrogens with two attached hydrogens (primary N) is 1. The van der Waals surface area contributed by atoms with Crippen LogP contribution < -0.4 is 5.73 Å². The number of ketones is 1. The van der Waals surface area contributed by atoms with Gasteiger partial charge < -0.3 is 25.0 Å². The quantitative estimate of drug-likeness (QED) is 0.286. The highest BCUT2D eigenvalue weighted by atomic mass is 16.6. The molecule has 1 saturated heterocycles. The molecule has 2 aliphatic heterocycles. The zero-order valence-electron chi connectivity index (χ0n) is 25.9. The molecule has 3 aromatic rings. The van der Waals surface area contributed by atoms with E-state index in [9.17, 15) is 19.2 Å². The zero-order chi connectivity index (χ0) is 31.6. The lowest BCUT2D eigenvalue weighted by Gasteiger charge is -2.35. The molecule has 2 heterocycles. The zero-order valence-corrected chi connectivity index (χ0v) is 25.9. The Morgan fingerprint density at radius 3 is 2.25 bits per heavy atom. The molecule has 2 N–H and O–H groups in total. The van der Waals surface area contributed by atoms with Gasteiger partial charge in [-0.3, -0.25) is 9.59 Å². The molecule has 9 nitrogen and oxygen atoms in total. The number of hydrogen-bond acceptors (Lipinski definition) is 7. The van der Waals surface area contributed by atoms with Gasteiger partial charge in [0.05, 0.1) is 12.2 Å². The third-order valence-corrected chi connectivity index (χ3v) is 8.39. The minimum absolute atomic E-state index is 0.206. The van der Waals surface area contributed by atoms with Crippen molar-refractivity contribution in [1.82, 2.24) is 9.80 Å². The first-order chi connectivity index (χ1) is 20.9. The Morgan fingerprint density at radius 1 is 0.886 bits per heavy atom. The largest absolute Gasteiger partial charge is 0.462 e. The van der Waals surface area contributed by atoms with Crippen LogP contribution in [0.2, 0.25) is 0 Å². The van der Waals surface area contributed by atoms with E-state index < -0.39 is 35.5 Å². The summed E-state index contributed by atoms with van der Waals surface area (Å²) in [6, 6.07) is 18.1. The second-order valence-electron chi connectivity index (χ2n) is 12.7. The highest BCUT2D eigenvalue weighted by Gasteiger charge is 2.42. The third kappa shape index (κ3) is 6.78. The fourth-order valence-electron chi connectivity index (χ4n) is 6.08. The maximum atomic E-state index is 14.3. The van der Waals surface area contributed by atoms with Crippen LogP contribution in [0.25, 0.3) is 10.8 Å². The van der Waals surface area contributed by atoms with Gasteiger partial charge in [0, 0.05) is 38.1 Å². The summed E-state index contributed by atoms with van der Waals surface area (Å²) in [5.41, 5.74) is 9.13. The number of piperidine rings is 1. The minimum Gasteiger partial charge on any atom is -0.462 e. The summed E-state index contributed by atoms with van der Waals surface area (Å²) in [4.78, 5) is 56.7. The van der Waals surface area contributed by atoms with E-state index in [0.717, 1.165) is 21.9 Å². The Labute approximate surface area is 258 Å². The Hall–Kier alpha value is -4.24. The van der Waals surface area contributed by atoms with Crippen LogP contribution in [-0.2, 0) is 32.2 Å². The van der Waals surface area contributed by atoms with Crippen molar-refractivity contribution in [3.63, 3.8) is 0 Å². The molecule has 0 aromatic heterocycles. The number of carbonyl (C=O) groups is 4. The molecule has 0 bridgehead atoms. The first-order valence-corrected chi connectivity index (χ1v) is 15.3. The minimum atomic E-state index is -1.10. The summed E-state index contributed by atoms with van der Waals surface area (Å²) in [5.74, 6) is -2.48. The Morgan fingerprint density at radius 2 is 1.57 bits per heavy atom. The molecule has 44 heavy (non-hydrogen) atoms. The van der Waals surface area contributed by atoms with E-state index in [0.29, 0.717) is 43.6 Å². The molecule has 1 fully saturated rings. The molecule has 2 aliphatic rings. The number of nitrogens with zero attached hydrogens (tertiary/aromatic N) is 2. The van der Waals surface area contributed by atoms with Crippen LogP contribution in [0.1, 0.15) is 73.6 Å². The maximum absolute atomic E-state index is 14.3. The first-order valence-electron chi connectivity index (χ1n) is 15.3. The van der Waals surface area contributed by atoms with Crippen molar-refractivity contribution < 1.29 is 28.7 Å². The molecule has 0 aliphatic carbocycles. The van der Waals surface area contributed by atoms with E-state index in [4.69, 9.17) is 15.2 Å². The van der Waals surface area contributed by atoms with E-state index in [2.05, 4.69) is 0 Å². The third-order valence-electron chi connectivity index (χ3n) is 8.39. The summed E-state index contributed by atoms with van der Waals surface area (Å²) in [6.07, 6.45) is 0.450. The van der Waals surface area contributed by atoms with E-state index in [1.807, 2.05) is 69.3 Å². The number of ether oxygens (including phenoxy) is 2. The Bertz CT molecular complexity index is 1570.